The average molecular weight is 376 g/mol. The molecule has 0 bridgehead atoms. The molecule has 2 heterocycles. The predicted molar refractivity (Wildman–Crippen MR) is 110 cm³/mol. The van der Waals surface area contributed by atoms with Crippen LogP contribution in [0.15, 0.2) is 60.8 Å². The van der Waals surface area contributed by atoms with Crippen LogP contribution in [0, 0.1) is 5.82 Å². The highest BCUT2D eigenvalue weighted by atomic mass is 19.1. The summed E-state index contributed by atoms with van der Waals surface area (Å²) in [4.78, 5) is 9.33. The molecular formula is C21H21FN6. The fraction of sp³-hybridized carbons (Fsp3) is 0.190. The third-order valence-corrected chi connectivity index (χ3v) is 4.52. The molecule has 0 saturated heterocycles. The van der Waals surface area contributed by atoms with Crippen LogP contribution in [0.5, 0.6) is 0 Å². The maximum atomic E-state index is 13.2. The van der Waals surface area contributed by atoms with Crippen molar-refractivity contribution in [2.75, 3.05) is 10.6 Å². The third-order valence-electron chi connectivity index (χ3n) is 4.52. The van der Waals surface area contributed by atoms with Crippen LogP contribution in [0.3, 0.4) is 0 Å². The first-order chi connectivity index (χ1) is 13.6. The summed E-state index contributed by atoms with van der Waals surface area (Å²) in [7, 11) is 0. The van der Waals surface area contributed by atoms with Crippen molar-refractivity contribution in [2.24, 2.45) is 0 Å². The molecule has 4 rings (SSSR count). The standard InChI is InChI=1S/C21H21FN6/c1-3-14(2)24-21-26-19(25-16-11-9-15(22)10-12-16)18-13-23-28(20(18)27-21)17-7-5-4-6-8-17/h4-14H,3H2,1-2H3,(H2,24,25,26,27)/t14-/m1/s1. The Labute approximate surface area is 162 Å². The van der Waals surface area contributed by atoms with Crippen molar-refractivity contribution in [2.45, 2.75) is 26.3 Å². The number of aromatic nitrogens is 4. The normalized spacial score (nSPS) is 12.1. The van der Waals surface area contributed by atoms with E-state index in [9.17, 15) is 4.39 Å². The van der Waals surface area contributed by atoms with Gasteiger partial charge < -0.3 is 10.6 Å². The molecular weight excluding hydrogens is 355 g/mol. The van der Waals surface area contributed by atoms with Gasteiger partial charge in [-0.3, -0.25) is 0 Å². The lowest BCUT2D eigenvalue weighted by molar-refractivity contribution is 0.628. The highest BCUT2D eigenvalue weighted by Gasteiger charge is 2.15. The van der Waals surface area contributed by atoms with Crippen LogP contribution in [0.25, 0.3) is 16.7 Å². The van der Waals surface area contributed by atoms with E-state index in [4.69, 9.17) is 4.98 Å². The monoisotopic (exact) mass is 376 g/mol. The molecule has 0 saturated carbocycles. The van der Waals surface area contributed by atoms with Crippen molar-refractivity contribution in [3.05, 3.63) is 66.6 Å². The molecule has 0 aliphatic rings. The molecule has 7 heteroatoms. The predicted octanol–water partition coefficient (Wildman–Crippen LogP) is 4.91. The van der Waals surface area contributed by atoms with Gasteiger partial charge in [0.1, 0.15) is 11.6 Å². The summed E-state index contributed by atoms with van der Waals surface area (Å²) < 4.78 is 15.0. The molecule has 0 aliphatic heterocycles. The van der Waals surface area contributed by atoms with Gasteiger partial charge >= 0.3 is 0 Å². The Hall–Kier alpha value is -3.48. The van der Waals surface area contributed by atoms with E-state index in [-0.39, 0.29) is 11.9 Å². The van der Waals surface area contributed by atoms with Crippen LogP contribution in [0.2, 0.25) is 0 Å². The minimum Gasteiger partial charge on any atom is -0.352 e. The minimum atomic E-state index is -0.283. The lowest BCUT2D eigenvalue weighted by Gasteiger charge is -2.14. The fourth-order valence-electron chi connectivity index (χ4n) is 2.82. The largest absolute Gasteiger partial charge is 0.352 e. The number of hydrogen-bond donors (Lipinski definition) is 2. The highest BCUT2D eigenvalue weighted by molar-refractivity contribution is 5.90. The molecule has 2 aromatic heterocycles. The summed E-state index contributed by atoms with van der Waals surface area (Å²) in [6.07, 6.45) is 2.68. The van der Waals surface area contributed by atoms with Gasteiger partial charge in [-0.2, -0.15) is 15.1 Å². The number of anilines is 3. The Kier molecular flexibility index (Phi) is 4.89. The highest BCUT2D eigenvalue weighted by Crippen LogP contribution is 2.27. The molecule has 0 fully saturated rings. The second-order valence-electron chi connectivity index (χ2n) is 6.61. The molecule has 0 amide bonds. The van der Waals surface area contributed by atoms with E-state index in [2.05, 4.69) is 34.6 Å². The van der Waals surface area contributed by atoms with E-state index >= 15 is 0 Å². The molecule has 4 aromatic rings. The Morgan fingerprint density at radius 3 is 2.50 bits per heavy atom. The maximum Gasteiger partial charge on any atom is 0.226 e. The molecule has 6 nitrogen and oxygen atoms in total. The van der Waals surface area contributed by atoms with Gasteiger partial charge in [0.2, 0.25) is 5.95 Å². The van der Waals surface area contributed by atoms with Gasteiger partial charge in [-0.05, 0) is 49.7 Å². The van der Waals surface area contributed by atoms with Crippen molar-refractivity contribution in [1.29, 1.82) is 0 Å². The van der Waals surface area contributed by atoms with Crippen molar-refractivity contribution in [3.63, 3.8) is 0 Å². The number of rotatable bonds is 6. The van der Waals surface area contributed by atoms with Gasteiger partial charge in [-0.25, -0.2) is 9.07 Å². The molecule has 28 heavy (non-hydrogen) atoms. The van der Waals surface area contributed by atoms with Crippen molar-refractivity contribution in [3.8, 4) is 5.69 Å². The molecule has 0 unspecified atom stereocenters. The molecule has 142 valence electrons. The molecule has 2 N–H and O–H groups in total. The zero-order valence-corrected chi connectivity index (χ0v) is 15.7. The first-order valence-corrected chi connectivity index (χ1v) is 9.24. The second kappa shape index (κ2) is 7.64. The average Bonchev–Trinajstić information content (AvgIpc) is 3.14. The molecule has 0 radical (unpaired) electrons. The van der Waals surface area contributed by atoms with Gasteiger partial charge in [0.15, 0.2) is 5.65 Å². The summed E-state index contributed by atoms with van der Waals surface area (Å²) in [6, 6.07) is 16.2. The summed E-state index contributed by atoms with van der Waals surface area (Å²) in [5.41, 5.74) is 2.35. The minimum absolute atomic E-state index is 0.226. The third kappa shape index (κ3) is 3.64. The summed E-state index contributed by atoms with van der Waals surface area (Å²) in [6.45, 7) is 4.18. The van der Waals surface area contributed by atoms with E-state index in [0.29, 0.717) is 17.4 Å². The van der Waals surface area contributed by atoms with Crippen LogP contribution in [0.4, 0.5) is 21.8 Å². The summed E-state index contributed by atoms with van der Waals surface area (Å²) in [5, 5.41) is 11.9. The first-order valence-electron chi connectivity index (χ1n) is 9.24. The van der Waals surface area contributed by atoms with Crippen LogP contribution in [0.1, 0.15) is 20.3 Å². The Balaban J connectivity index is 1.82. The van der Waals surface area contributed by atoms with Crippen LogP contribution >= 0.6 is 0 Å². The molecule has 0 spiro atoms. The number of nitrogens with one attached hydrogen (secondary N) is 2. The quantitative estimate of drug-likeness (QED) is 0.500. The number of benzene rings is 2. The number of hydrogen-bond acceptors (Lipinski definition) is 5. The van der Waals surface area contributed by atoms with E-state index < -0.39 is 0 Å². The summed E-state index contributed by atoms with van der Waals surface area (Å²) >= 11 is 0. The van der Waals surface area contributed by atoms with Gasteiger partial charge in [0.05, 0.1) is 17.3 Å². The van der Waals surface area contributed by atoms with Gasteiger partial charge in [-0.15, -0.1) is 0 Å². The topological polar surface area (TPSA) is 67.7 Å². The Morgan fingerprint density at radius 2 is 1.79 bits per heavy atom. The molecule has 0 aliphatic carbocycles. The Bertz CT molecular complexity index is 1080. The van der Waals surface area contributed by atoms with Gasteiger partial charge in [0.25, 0.3) is 0 Å². The number of fused-ring (bicyclic) bond motifs is 1. The number of para-hydroxylation sites is 1. The van der Waals surface area contributed by atoms with Crippen molar-refractivity contribution in [1.82, 2.24) is 19.7 Å². The lowest BCUT2D eigenvalue weighted by atomic mass is 10.2. The van der Waals surface area contributed by atoms with Gasteiger partial charge in [0, 0.05) is 11.7 Å². The van der Waals surface area contributed by atoms with Gasteiger partial charge in [-0.1, -0.05) is 25.1 Å². The first kappa shape index (κ1) is 17.9. The van der Waals surface area contributed by atoms with E-state index in [1.807, 2.05) is 30.3 Å². The lowest BCUT2D eigenvalue weighted by Crippen LogP contribution is -2.16. The Morgan fingerprint density at radius 1 is 1.04 bits per heavy atom. The second-order valence-corrected chi connectivity index (χ2v) is 6.61. The summed E-state index contributed by atoms with van der Waals surface area (Å²) in [5.74, 6) is 0.850. The van der Waals surface area contributed by atoms with Crippen molar-refractivity contribution < 1.29 is 4.39 Å². The fourth-order valence-corrected chi connectivity index (χ4v) is 2.82. The van der Waals surface area contributed by atoms with Crippen LogP contribution in [-0.4, -0.2) is 25.8 Å². The number of halogens is 1. The zero-order valence-electron chi connectivity index (χ0n) is 15.7. The van der Waals surface area contributed by atoms with E-state index in [1.165, 1.54) is 12.1 Å². The smallest absolute Gasteiger partial charge is 0.226 e. The van der Waals surface area contributed by atoms with Crippen molar-refractivity contribution >= 4 is 28.5 Å². The zero-order chi connectivity index (χ0) is 19.5. The molecule has 1 atom stereocenters. The molecule has 2 aromatic carbocycles. The van der Waals surface area contributed by atoms with Crippen LogP contribution < -0.4 is 10.6 Å². The van der Waals surface area contributed by atoms with Crippen LogP contribution in [-0.2, 0) is 0 Å². The van der Waals surface area contributed by atoms with E-state index in [1.54, 1.807) is 23.0 Å². The van der Waals surface area contributed by atoms with E-state index in [0.717, 1.165) is 23.2 Å². The SMILES string of the molecule is CC[C@@H](C)Nc1nc(Nc2ccc(F)cc2)c2cnn(-c3ccccc3)c2n1. The number of nitrogens with zero attached hydrogens (tertiary/aromatic N) is 4. The maximum absolute atomic E-state index is 13.2.